The Hall–Kier alpha value is -3.38. The average Bonchev–Trinajstić information content (AvgIpc) is 2.70. The van der Waals surface area contributed by atoms with Crippen molar-refractivity contribution < 1.29 is 28.2 Å². The first kappa shape index (κ1) is 23.3. The van der Waals surface area contributed by atoms with Crippen molar-refractivity contribution in [3.05, 3.63) is 52.6 Å². The van der Waals surface area contributed by atoms with Gasteiger partial charge in [0.25, 0.3) is 5.91 Å². The van der Waals surface area contributed by atoms with Crippen molar-refractivity contribution in [3.63, 3.8) is 0 Å². The first-order valence-electron chi connectivity index (χ1n) is 9.32. The number of amides is 2. The van der Waals surface area contributed by atoms with Crippen LogP contribution in [-0.4, -0.2) is 56.8 Å². The molecule has 2 aromatic rings. The molecule has 13 heteroatoms. The summed E-state index contributed by atoms with van der Waals surface area (Å²) in [6.45, 7) is -2.88. The van der Waals surface area contributed by atoms with Gasteiger partial charge < -0.3 is 25.8 Å². The number of amidine groups is 1. The third-order valence-corrected chi connectivity index (χ3v) is 4.93. The Kier molecular flexibility index (Phi) is 7.15. The molecule has 32 heavy (non-hydrogen) atoms. The lowest BCUT2D eigenvalue weighted by atomic mass is 9.99. The molecule has 1 saturated heterocycles. The minimum absolute atomic E-state index is 0.00121. The van der Waals surface area contributed by atoms with Crippen molar-refractivity contribution in [2.24, 2.45) is 5.73 Å². The number of aromatic nitrogens is 2. The molecule has 10 nitrogen and oxygen atoms in total. The van der Waals surface area contributed by atoms with Gasteiger partial charge in [-0.3, -0.25) is 15.0 Å². The molecule has 0 saturated carbocycles. The zero-order valence-corrected chi connectivity index (χ0v) is 17.2. The smallest absolute Gasteiger partial charge is 0.387 e. The summed E-state index contributed by atoms with van der Waals surface area (Å²) in [5.74, 6) is -1.45. The molecule has 2 unspecified atom stereocenters. The minimum atomic E-state index is -3.10. The maximum atomic E-state index is 12.7. The molecule has 1 fully saturated rings. The Labute approximate surface area is 185 Å². The predicted octanol–water partition coefficient (Wildman–Crippen LogP) is 0.966. The summed E-state index contributed by atoms with van der Waals surface area (Å²) in [5, 5.41) is 20.3. The number of nitrogens with one attached hydrogen (secondary N) is 2. The first-order valence-corrected chi connectivity index (χ1v) is 9.70. The molecule has 0 aliphatic carbocycles. The van der Waals surface area contributed by atoms with E-state index in [4.69, 9.17) is 22.7 Å². The number of aliphatic hydroxyl groups excluding tert-OH is 1. The Morgan fingerprint density at radius 2 is 2.03 bits per heavy atom. The molecule has 5 N–H and O–H groups in total. The highest BCUT2D eigenvalue weighted by molar-refractivity contribution is 6.30. The fraction of sp³-hybridized carbons (Fsp3) is 0.316. The van der Waals surface area contributed by atoms with Gasteiger partial charge >= 0.3 is 6.61 Å². The molecule has 0 spiro atoms. The molecule has 1 aromatic heterocycles. The summed E-state index contributed by atoms with van der Waals surface area (Å²) in [6, 6.07) is 2.64. The van der Waals surface area contributed by atoms with Crippen molar-refractivity contribution in [1.82, 2.24) is 20.2 Å². The van der Waals surface area contributed by atoms with Gasteiger partial charge in [-0.15, -0.1) is 0 Å². The van der Waals surface area contributed by atoms with E-state index < -0.39 is 30.6 Å². The van der Waals surface area contributed by atoms with Gasteiger partial charge in [0.05, 0.1) is 12.1 Å². The van der Waals surface area contributed by atoms with Crippen LogP contribution in [0.5, 0.6) is 5.75 Å². The predicted molar refractivity (Wildman–Crippen MR) is 108 cm³/mol. The van der Waals surface area contributed by atoms with Crippen molar-refractivity contribution in [2.75, 3.05) is 6.54 Å². The van der Waals surface area contributed by atoms with Crippen LogP contribution in [0.1, 0.15) is 29.5 Å². The van der Waals surface area contributed by atoms with E-state index >= 15 is 0 Å². The number of carbonyl (C=O) groups excluding carboxylic acids is 2. The van der Waals surface area contributed by atoms with Crippen LogP contribution in [0.15, 0.2) is 30.6 Å². The Morgan fingerprint density at radius 1 is 1.34 bits per heavy atom. The third kappa shape index (κ3) is 5.45. The number of hydrogen-bond acceptors (Lipinski definition) is 7. The van der Waals surface area contributed by atoms with E-state index in [1.807, 2.05) is 0 Å². The van der Waals surface area contributed by atoms with Gasteiger partial charge in [0.2, 0.25) is 5.91 Å². The molecule has 2 amide bonds. The van der Waals surface area contributed by atoms with Crippen LogP contribution in [0.2, 0.25) is 5.02 Å². The van der Waals surface area contributed by atoms with Crippen molar-refractivity contribution in [2.45, 2.75) is 31.7 Å². The zero-order valence-electron chi connectivity index (χ0n) is 16.5. The summed E-state index contributed by atoms with van der Waals surface area (Å²) in [4.78, 5) is 34.3. The van der Waals surface area contributed by atoms with Crippen molar-refractivity contribution in [3.8, 4) is 5.75 Å². The number of nitrogens with zero attached hydrogens (tertiary/aromatic N) is 3. The number of halogens is 3. The first-order chi connectivity index (χ1) is 15.2. The standard InChI is InChI=1S/C19H19ClF2N6O4/c20-11-3-9(4-12(5-11)32-19(21)22)15(29)18(31)28-2-1-13(28)17(30)27-8-14-25-6-10(7-26-14)16(23)24/h3-7,13,15,19,29H,1-2,8H2,(H3,23,24)(H,27,30). The molecule has 3 rings (SSSR count). The van der Waals surface area contributed by atoms with Gasteiger partial charge in [0, 0.05) is 24.0 Å². The Bertz CT molecular complexity index is 1020. The van der Waals surface area contributed by atoms with Crippen LogP contribution in [0.25, 0.3) is 0 Å². The summed E-state index contributed by atoms with van der Waals surface area (Å²) >= 11 is 5.86. The van der Waals surface area contributed by atoms with E-state index in [1.165, 1.54) is 23.4 Å². The maximum absolute atomic E-state index is 12.7. The molecule has 2 heterocycles. The maximum Gasteiger partial charge on any atom is 0.387 e. The largest absolute Gasteiger partial charge is 0.435 e. The second-order valence-electron chi connectivity index (χ2n) is 6.86. The number of carbonyl (C=O) groups is 2. The van der Waals surface area contributed by atoms with Gasteiger partial charge in [-0.2, -0.15) is 8.78 Å². The van der Waals surface area contributed by atoms with Crippen LogP contribution in [0.3, 0.4) is 0 Å². The average molecular weight is 469 g/mol. The molecule has 0 bridgehead atoms. The van der Waals surface area contributed by atoms with E-state index in [2.05, 4.69) is 20.0 Å². The molecule has 1 aliphatic rings. The summed E-state index contributed by atoms with van der Waals surface area (Å²) in [5.41, 5.74) is 5.63. The summed E-state index contributed by atoms with van der Waals surface area (Å²) in [6.07, 6.45) is 1.36. The number of aliphatic hydroxyl groups is 1. The molecule has 1 aliphatic heterocycles. The van der Waals surface area contributed by atoms with E-state index in [0.717, 1.165) is 12.1 Å². The number of benzene rings is 1. The number of nitrogens with two attached hydrogens (primary N) is 1. The second-order valence-corrected chi connectivity index (χ2v) is 7.29. The monoisotopic (exact) mass is 468 g/mol. The highest BCUT2D eigenvalue weighted by Crippen LogP contribution is 2.29. The Balaban J connectivity index is 1.61. The molecule has 2 atom stereocenters. The quantitative estimate of drug-likeness (QED) is 0.332. The van der Waals surface area contributed by atoms with E-state index in [9.17, 15) is 23.5 Å². The SMILES string of the molecule is N=C(N)c1cnc(CNC(=O)C2CCN2C(=O)C(O)c2cc(Cl)cc(OC(F)F)c2)nc1. The van der Waals surface area contributed by atoms with E-state index in [1.54, 1.807) is 0 Å². The fourth-order valence-corrected chi connectivity index (χ4v) is 3.24. The summed E-state index contributed by atoms with van der Waals surface area (Å²) in [7, 11) is 0. The number of likely N-dealkylation sites (tertiary alicyclic amines) is 1. The van der Waals surface area contributed by atoms with Gasteiger partial charge in [-0.25, -0.2) is 9.97 Å². The molecule has 1 aromatic carbocycles. The number of hydrogen-bond donors (Lipinski definition) is 4. The normalized spacial score (nSPS) is 16.3. The van der Waals surface area contributed by atoms with Gasteiger partial charge in [0.15, 0.2) is 6.10 Å². The molecule has 170 valence electrons. The number of nitrogen functional groups attached to an aromatic ring is 1. The van der Waals surface area contributed by atoms with Crippen LogP contribution >= 0.6 is 11.6 Å². The minimum Gasteiger partial charge on any atom is -0.435 e. The van der Waals surface area contributed by atoms with E-state index in [-0.39, 0.29) is 41.1 Å². The van der Waals surface area contributed by atoms with Gasteiger partial charge in [0.1, 0.15) is 23.5 Å². The van der Waals surface area contributed by atoms with Crippen LogP contribution in [0, 0.1) is 5.41 Å². The van der Waals surface area contributed by atoms with Crippen LogP contribution < -0.4 is 15.8 Å². The van der Waals surface area contributed by atoms with Gasteiger partial charge in [-0.05, 0) is 30.2 Å². The molecular weight excluding hydrogens is 450 g/mol. The summed E-state index contributed by atoms with van der Waals surface area (Å²) < 4.78 is 29.2. The zero-order chi connectivity index (χ0) is 23.4. The number of rotatable bonds is 8. The Morgan fingerprint density at radius 3 is 2.59 bits per heavy atom. The number of ether oxygens (including phenoxy) is 1. The number of alkyl halides is 2. The highest BCUT2D eigenvalue weighted by Gasteiger charge is 2.40. The van der Waals surface area contributed by atoms with Crippen molar-refractivity contribution >= 4 is 29.3 Å². The van der Waals surface area contributed by atoms with Crippen LogP contribution in [0.4, 0.5) is 8.78 Å². The lowest BCUT2D eigenvalue weighted by Gasteiger charge is -2.40. The highest BCUT2D eigenvalue weighted by atomic mass is 35.5. The lowest BCUT2D eigenvalue weighted by molar-refractivity contribution is -0.154. The molecule has 0 radical (unpaired) electrons. The van der Waals surface area contributed by atoms with Crippen LogP contribution in [-0.2, 0) is 16.1 Å². The van der Waals surface area contributed by atoms with Crippen molar-refractivity contribution in [1.29, 1.82) is 5.41 Å². The van der Waals surface area contributed by atoms with Gasteiger partial charge in [-0.1, -0.05) is 11.6 Å². The van der Waals surface area contributed by atoms with E-state index in [0.29, 0.717) is 12.0 Å². The fourth-order valence-electron chi connectivity index (χ4n) is 3.01. The molecular formula is C19H19ClF2N6O4. The third-order valence-electron chi connectivity index (χ3n) is 4.71. The topological polar surface area (TPSA) is 155 Å². The lowest BCUT2D eigenvalue weighted by Crippen LogP contribution is -2.59. The second kappa shape index (κ2) is 9.83.